The number of benzene rings is 1. The zero-order chi connectivity index (χ0) is 27.2. The first-order valence-corrected chi connectivity index (χ1v) is 12.7. The fourth-order valence-corrected chi connectivity index (χ4v) is 3.28. The Morgan fingerprint density at radius 1 is 1.00 bits per heavy atom. The average molecular weight is 504 g/mol. The van der Waals surface area contributed by atoms with E-state index in [1.165, 1.54) is 5.56 Å². The summed E-state index contributed by atoms with van der Waals surface area (Å²) >= 11 is 5.61. The Hall–Kier alpha value is -2.30. The number of aromatic hydroxyl groups is 1. The van der Waals surface area contributed by atoms with Gasteiger partial charge in [0.15, 0.2) is 5.78 Å². The summed E-state index contributed by atoms with van der Waals surface area (Å²) in [5.74, 6) is 0.169. The molecule has 35 heavy (non-hydrogen) atoms. The molecule has 5 heteroatoms. The van der Waals surface area contributed by atoms with Gasteiger partial charge >= 0.3 is 0 Å². The van der Waals surface area contributed by atoms with E-state index in [-0.39, 0.29) is 29.0 Å². The van der Waals surface area contributed by atoms with Crippen molar-refractivity contribution in [3.05, 3.63) is 76.1 Å². The van der Waals surface area contributed by atoms with Crippen LogP contribution in [0.2, 0.25) is 5.02 Å². The molecular weight excluding hydrogens is 458 g/mol. The van der Waals surface area contributed by atoms with Gasteiger partial charge in [-0.15, -0.1) is 0 Å². The lowest BCUT2D eigenvalue weighted by molar-refractivity contribution is 0.0962. The summed E-state index contributed by atoms with van der Waals surface area (Å²) in [4.78, 5) is 16.2. The Morgan fingerprint density at radius 2 is 1.57 bits per heavy atom. The normalized spacial score (nSPS) is 10.8. The van der Waals surface area contributed by atoms with Gasteiger partial charge in [-0.2, -0.15) is 0 Å². The lowest BCUT2D eigenvalue weighted by Crippen LogP contribution is -2.22. The average Bonchev–Trinajstić information content (AvgIpc) is 2.84. The van der Waals surface area contributed by atoms with Crippen LogP contribution in [-0.2, 0) is 6.42 Å². The summed E-state index contributed by atoms with van der Waals surface area (Å²) in [6.07, 6.45) is 3.48. The van der Waals surface area contributed by atoms with Gasteiger partial charge in [0.05, 0.1) is 0 Å². The molecular formula is C30H46ClNO3. The summed E-state index contributed by atoms with van der Waals surface area (Å²) < 4.78 is 0. The van der Waals surface area contributed by atoms with Crippen LogP contribution in [0, 0.1) is 24.7 Å². The lowest BCUT2D eigenvalue weighted by Gasteiger charge is -2.23. The largest absolute Gasteiger partial charge is 0.508 e. The number of aryl methyl sites for hydroxylation is 2. The predicted octanol–water partition coefficient (Wildman–Crippen LogP) is 8.40. The molecule has 1 aromatic carbocycles. The van der Waals surface area contributed by atoms with Gasteiger partial charge in [0.2, 0.25) is 0 Å². The fraction of sp³-hybridized carbons (Fsp3) is 0.500. The summed E-state index contributed by atoms with van der Waals surface area (Å²) in [5.41, 5.74) is 3.09. The highest BCUT2D eigenvalue weighted by atomic mass is 35.5. The molecule has 0 aliphatic heterocycles. The summed E-state index contributed by atoms with van der Waals surface area (Å²) in [6.45, 7) is 18.2. The molecule has 0 radical (unpaired) electrons. The topological polar surface area (TPSA) is 73.3 Å². The molecule has 0 saturated heterocycles. The highest BCUT2D eigenvalue weighted by Gasteiger charge is 2.23. The first kappa shape index (κ1) is 32.7. The number of Topliss-reactive ketones (excluding diaryl/α,β-unsaturated/α-hetero) is 1. The Balaban J connectivity index is 0.000000961. The van der Waals surface area contributed by atoms with E-state index in [1.807, 2.05) is 65.8 Å². The van der Waals surface area contributed by atoms with E-state index in [1.54, 1.807) is 24.4 Å². The van der Waals surface area contributed by atoms with Crippen LogP contribution in [0.3, 0.4) is 0 Å². The molecule has 0 atom stereocenters. The van der Waals surface area contributed by atoms with E-state index >= 15 is 0 Å². The van der Waals surface area contributed by atoms with Gasteiger partial charge in [-0.1, -0.05) is 77.8 Å². The van der Waals surface area contributed by atoms with Crippen LogP contribution in [0.25, 0.3) is 0 Å². The zero-order valence-corrected chi connectivity index (χ0v) is 23.9. The number of aromatic nitrogens is 1. The van der Waals surface area contributed by atoms with E-state index in [9.17, 15) is 15.0 Å². The minimum atomic E-state index is -0.352. The van der Waals surface area contributed by atoms with Gasteiger partial charge < -0.3 is 15.2 Å². The third kappa shape index (κ3) is 14.0. The summed E-state index contributed by atoms with van der Waals surface area (Å²) in [6, 6.07) is 12.6. The number of ketones is 1. The number of hydrogen-bond acceptors (Lipinski definition) is 3. The molecule has 1 heterocycles. The van der Waals surface area contributed by atoms with Crippen molar-refractivity contribution in [3.8, 4) is 5.75 Å². The van der Waals surface area contributed by atoms with Crippen molar-refractivity contribution >= 4 is 17.4 Å². The van der Waals surface area contributed by atoms with Crippen LogP contribution in [-0.4, -0.2) is 27.6 Å². The molecule has 0 amide bonds. The zero-order valence-electron chi connectivity index (χ0n) is 23.1. The third-order valence-electron chi connectivity index (χ3n) is 5.16. The SMILES string of the molecule is CC.Cc1cc(O)ccc[nH]c(CC(C)(C)CO)c1C(=O)CCC(C)(C)C.Cc1ccc(Cl)cc1. The third-order valence-corrected chi connectivity index (χ3v) is 5.41. The van der Waals surface area contributed by atoms with E-state index in [0.717, 1.165) is 22.7 Å². The van der Waals surface area contributed by atoms with E-state index < -0.39 is 0 Å². The first-order chi connectivity index (χ1) is 16.2. The predicted molar refractivity (Wildman–Crippen MR) is 150 cm³/mol. The van der Waals surface area contributed by atoms with Crippen molar-refractivity contribution < 1.29 is 15.0 Å². The van der Waals surface area contributed by atoms with Crippen LogP contribution >= 0.6 is 11.6 Å². The summed E-state index contributed by atoms with van der Waals surface area (Å²) in [7, 11) is 0. The highest BCUT2D eigenvalue weighted by Crippen LogP contribution is 2.27. The van der Waals surface area contributed by atoms with E-state index in [2.05, 4.69) is 25.8 Å². The van der Waals surface area contributed by atoms with Crippen molar-refractivity contribution in [2.24, 2.45) is 10.8 Å². The van der Waals surface area contributed by atoms with Gasteiger partial charge in [0.25, 0.3) is 0 Å². The van der Waals surface area contributed by atoms with Gasteiger partial charge in [-0.3, -0.25) is 4.79 Å². The molecule has 0 aliphatic rings. The molecule has 0 aliphatic carbocycles. The molecule has 4 nitrogen and oxygen atoms in total. The van der Waals surface area contributed by atoms with Crippen molar-refractivity contribution in [1.82, 2.24) is 4.98 Å². The number of aliphatic hydroxyl groups excluding tert-OH is 1. The number of carbonyl (C=O) groups excluding carboxylic acids is 1. The second-order valence-electron chi connectivity index (χ2n) is 10.6. The smallest absolute Gasteiger partial charge is 0.164 e. The minimum Gasteiger partial charge on any atom is -0.508 e. The molecule has 3 N–H and O–H groups in total. The number of aliphatic hydroxyl groups is 1. The standard InChI is InChI=1S/C21H33NO3.C7H7Cl.C2H6/c1-15-12-16(24)8-7-11-22-17(13-21(5,6)14-23)19(15)18(25)9-10-20(2,3)4;1-6-2-4-7(8)5-3-6;1-2/h7-8,11-12,22-24H,9-10,13-14H2,1-6H3;2-5H,1H3;1-2H3. The Kier molecular flexibility index (Phi) is 14.6. The number of halogens is 1. The highest BCUT2D eigenvalue weighted by molar-refractivity contribution is 6.30. The summed E-state index contributed by atoms with van der Waals surface area (Å²) in [5, 5.41) is 20.4. The van der Waals surface area contributed by atoms with Gasteiger partial charge in [0, 0.05) is 35.5 Å². The Bertz CT molecular complexity index is 932. The number of H-pyrrole nitrogens is 1. The van der Waals surface area contributed by atoms with E-state index in [0.29, 0.717) is 18.4 Å². The van der Waals surface area contributed by atoms with Crippen molar-refractivity contribution in [2.75, 3.05) is 6.61 Å². The molecule has 196 valence electrons. The number of carbonyl (C=O) groups is 1. The molecule has 0 unspecified atom stereocenters. The first-order valence-electron chi connectivity index (χ1n) is 12.3. The van der Waals surface area contributed by atoms with Crippen LogP contribution in [0.5, 0.6) is 5.75 Å². The van der Waals surface area contributed by atoms with Crippen molar-refractivity contribution in [1.29, 1.82) is 0 Å². The van der Waals surface area contributed by atoms with Crippen molar-refractivity contribution in [3.63, 3.8) is 0 Å². The maximum absolute atomic E-state index is 13.0. The Morgan fingerprint density at radius 3 is 2.06 bits per heavy atom. The van der Waals surface area contributed by atoms with Gasteiger partial charge in [-0.05, 0) is 73.4 Å². The minimum absolute atomic E-state index is 0.0254. The number of rotatable bonds is 6. The van der Waals surface area contributed by atoms with E-state index in [4.69, 9.17) is 11.6 Å². The maximum atomic E-state index is 13.0. The van der Waals surface area contributed by atoms with Crippen LogP contribution in [0.15, 0.2) is 48.7 Å². The number of aromatic amines is 1. The molecule has 2 aromatic rings. The molecule has 2 rings (SSSR count). The number of nitrogens with one attached hydrogen (secondary N) is 1. The second kappa shape index (κ2) is 15.6. The molecule has 1 aromatic heterocycles. The van der Waals surface area contributed by atoms with Gasteiger partial charge in [-0.25, -0.2) is 0 Å². The van der Waals surface area contributed by atoms with Gasteiger partial charge in [0.1, 0.15) is 5.75 Å². The molecule has 0 bridgehead atoms. The monoisotopic (exact) mass is 503 g/mol. The Labute approximate surface area is 218 Å². The van der Waals surface area contributed by atoms with Crippen LogP contribution in [0.4, 0.5) is 0 Å². The molecule has 0 saturated carbocycles. The molecule has 0 fully saturated rings. The maximum Gasteiger partial charge on any atom is 0.164 e. The quantitative estimate of drug-likeness (QED) is 0.346. The lowest BCUT2D eigenvalue weighted by atomic mass is 9.84. The number of hydrogen-bond donors (Lipinski definition) is 3. The second-order valence-corrected chi connectivity index (χ2v) is 11.0. The van der Waals surface area contributed by atoms with Crippen LogP contribution in [0.1, 0.15) is 88.5 Å². The fourth-order valence-electron chi connectivity index (χ4n) is 3.16. The van der Waals surface area contributed by atoms with Crippen LogP contribution < -0.4 is 0 Å². The molecule has 0 spiro atoms. The van der Waals surface area contributed by atoms with Crippen molar-refractivity contribution in [2.45, 2.75) is 81.6 Å².